The number of aromatic nitrogens is 4. The first kappa shape index (κ1) is 18.5. The Morgan fingerprint density at radius 3 is 2.59 bits per heavy atom. The van der Waals surface area contributed by atoms with Crippen LogP contribution in [0.15, 0.2) is 24.4 Å². The molecule has 0 amide bonds. The van der Waals surface area contributed by atoms with Gasteiger partial charge in [0.2, 0.25) is 0 Å². The lowest BCUT2D eigenvalue weighted by Gasteiger charge is -2.38. The molecule has 0 saturated carbocycles. The number of fused-ring (bicyclic) bond motifs is 1. The lowest BCUT2D eigenvalue weighted by molar-refractivity contribution is -0.0211. The minimum atomic E-state index is 0.0896. The van der Waals surface area contributed by atoms with E-state index in [9.17, 15) is 0 Å². The van der Waals surface area contributed by atoms with Crippen molar-refractivity contribution in [3.05, 3.63) is 41.3 Å². The Kier molecular flexibility index (Phi) is 4.52. The number of hydrogen-bond acceptors (Lipinski definition) is 6. The molecule has 0 aliphatic carbocycles. The number of morpholine rings is 1. The number of benzene rings is 1. The van der Waals surface area contributed by atoms with Gasteiger partial charge < -0.3 is 14.5 Å². The Morgan fingerprint density at radius 2 is 1.83 bits per heavy atom. The molecular formula is C22H28N6O. The molecule has 0 N–H and O–H groups in total. The van der Waals surface area contributed by atoms with E-state index in [-0.39, 0.29) is 6.10 Å². The summed E-state index contributed by atoms with van der Waals surface area (Å²) >= 11 is 0. The quantitative estimate of drug-likeness (QED) is 0.683. The Balaban J connectivity index is 1.56. The third-order valence-corrected chi connectivity index (χ3v) is 5.99. The predicted molar refractivity (Wildman–Crippen MR) is 114 cm³/mol. The fourth-order valence-electron chi connectivity index (χ4n) is 4.39. The molecule has 1 aromatic carbocycles. The van der Waals surface area contributed by atoms with E-state index in [2.05, 4.69) is 64.0 Å². The first-order chi connectivity index (χ1) is 14.0. The molecule has 1 atom stereocenters. The van der Waals surface area contributed by atoms with E-state index in [4.69, 9.17) is 4.74 Å². The van der Waals surface area contributed by atoms with Crippen LogP contribution in [-0.4, -0.2) is 64.5 Å². The number of anilines is 1. The minimum absolute atomic E-state index is 0.0896. The molecule has 2 saturated heterocycles. The second kappa shape index (κ2) is 7.07. The number of aryl methyl sites for hydroxylation is 2. The minimum Gasteiger partial charge on any atom is -0.371 e. The van der Waals surface area contributed by atoms with Crippen molar-refractivity contribution in [2.45, 2.75) is 26.9 Å². The van der Waals surface area contributed by atoms with E-state index >= 15 is 0 Å². The third kappa shape index (κ3) is 3.38. The summed E-state index contributed by atoms with van der Waals surface area (Å²) in [5.74, 6) is 3.29. The van der Waals surface area contributed by atoms with Crippen molar-refractivity contribution in [1.29, 1.82) is 0 Å². The largest absolute Gasteiger partial charge is 0.371 e. The van der Waals surface area contributed by atoms with Crippen LogP contribution in [0.1, 0.15) is 30.0 Å². The maximum absolute atomic E-state index is 6.08. The van der Waals surface area contributed by atoms with Gasteiger partial charge in [0.1, 0.15) is 11.6 Å². The van der Waals surface area contributed by atoms with E-state index in [1.165, 1.54) is 11.1 Å². The summed E-state index contributed by atoms with van der Waals surface area (Å²) in [7, 11) is 2.15. The molecule has 0 radical (unpaired) electrons. The van der Waals surface area contributed by atoms with Gasteiger partial charge in [-0.25, -0.2) is 14.6 Å². The molecule has 1 unspecified atom stereocenters. The van der Waals surface area contributed by atoms with Crippen LogP contribution in [-0.2, 0) is 4.74 Å². The zero-order chi connectivity index (χ0) is 20.1. The van der Waals surface area contributed by atoms with E-state index in [0.717, 1.165) is 67.1 Å². The molecule has 2 aliphatic rings. The second-order valence-corrected chi connectivity index (χ2v) is 8.59. The van der Waals surface area contributed by atoms with Gasteiger partial charge in [-0.15, -0.1) is 0 Å². The SMILES string of the molecule is Cc1nc(N2CC(C)C2)cc(-n2ncc3cc(C)c(C4CN(C)CCO4)cc32)n1. The molecule has 4 heterocycles. The summed E-state index contributed by atoms with van der Waals surface area (Å²) in [5, 5.41) is 5.78. The van der Waals surface area contributed by atoms with Gasteiger partial charge in [0.15, 0.2) is 5.82 Å². The molecular weight excluding hydrogens is 364 g/mol. The topological polar surface area (TPSA) is 59.3 Å². The van der Waals surface area contributed by atoms with Crippen molar-refractivity contribution in [2.75, 3.05) is 44.7 Å². The first-order valence-electron chi connectivity index (χ1n) is 10.4. The van der Waals surface area contributed by atoms with Crippen LogP contribution in [0.5, 0.6) is 0 Å². The van der Waals surface area contributed by atoms with Gasteiger partial charge in [-0.05, 0) is 50.1 Å². The van der Waals surface area contributed by atoms with Crippen LogP contribution in [0.3, 0.4) is 0 Å². The average molecular weight is 393 g/mol. The van der Waals surface area contributed by atoms with Crippen LogP contribution < -0.4 is 4.90 Å². The smallest absolute Gasteiger partial charge is 0.159 e. The number of likely N-dealkylation sites (N-methyl/N-ethyl adjacent to an activating group) is 1. The third-order valence-electron chi connectivity index (χ3n) is 5.99. The normalized spacial score (nSPS) is 21.0. The molecule has 152 valence electrons. The predicted octanol–water partition coefficient (Wildman–Crippen LogP) is 2.89. The monoisotopic (exact) mass is 392 g/mol. The molecule has 3 aromatic rings. The fourth-order valence-corrected chi connectivity index (χ4v) is 4.39. The van der Waals surface area contributed by atoms with Crippen LogP contribution in [0.25, 0.3) is 16.7 Å². The molecule has 29 heavy (non-hydrogen) atoms. The van der Waals surface area contributed by atoms with Crippen LogP contribution in [0, 0.1) is 19.8 Å². The number of rotatable bonds is 3. The zero-order valence-corrected chi connectivity index (χ0v) is 17.6. The van der Waals surface area contributed by atoms with Crippen molar-refractivity contribution in [3.8, 4) is 5.82 Å². The molecule has 2 fully saturated rings. The van der Waals surface area contributed by atoms with Gasteiger partial charge in [0.25, 0.3) is 0 Å². The van der Waals surface area contributed by atoms with Gasteiger partial charge >= 0.3 is 0 Å². The van der Waals surface area contributed by atoms with Gasteiger partial charge in [-0.3, -0.25) is 0 Å². The summed E-state index contributed by atoms with van der Waals surface area (Å²) < 4.78 is 8.02. The Hall–Kier alpha value is -2.51. The van der Waals surface area contributed by atoms with Gasteiger partial charge in [0.05, 0.1) is 24.4 Å². The lowest BCUT2D eigenvalue weighted by Crippen LogP contribution is -2.45. The number of hydrogen-bond donors (Lipinski definition) is 0. The van der Waals surface area contributed by atoms with Gasteiger partial charge in [-0.2, -0.15) is 5.10 Å². The molecule has 5 rings (SSSR count). The second-order valence-electron chi connectivity index (χ2n) is 8.59. The summed E-state index contributed by atoms with van der Waals surface area (Å²) in [6.07, 6.45) is 2.01. The van der Waals surface area contributed by atoms with Crippen LogP contribution in [0.2, 0.25) is 0 Å². The van der Waals surface area contributed by atoms with Crippen LogP contribution >= 0.6 is 0 Å². The highest BCUT2D eigenvalue weighted by atomic mass is 16.5. The average Bonchev–Trinajstić information content (AvgIpc) is 3.07. The van der Waals surface area contributed by atoms with Gasteiger partial charge in [0, 0.05) is 37.6 Å². The van der Waals surface area contributed by atoms with E-state index in [1.54, 1.807) is 0 Å². The molecule has 2 aromatic heterocycles. The van der Waals surface area contributed by atoms with Gasteiger partial charge in [-0.1, -0.05) is 6.92 Å². The molecule has 7 heteroatoms. The number of nitrogens with zero attached hydrogens (tertiary/aromatic N) is 6. The van der Waals surface area contributed by atoms with Crippen molar-refractivity contribution >= 4 is 16.7 Å². The van der Waals surface area contributed by atoms with Crippen molar-refractivity contribution in [2.24, 2.45) is 5.92 Å². The maximum Gasteiger partial charge on any atom is 0.159 e. The molecule has 0 bridgehead atoms. The molecule has 2 aliphatic heterocycles. The van der Waals surface area contributed by atoms with Crippen molar-refractivity contribution in [1.82, 2.24) is 24.6 Å². The van der Waals surface area contributed by atoms with Crippen LogP contribution in [0.4, 0.5) is 5.82 Å². The first-order valence-corrected chi connectivity index (χ1v) is 10.4. The summed E-state index contributed by atoms with van der Waals surface area (Å²) in [4.78, 5) is 14.0. The van der Waals surface area contributed by atoms with Crippen molar-refractivity contribution in [3.63, 3.8) is 0 Å². The fraction of sp³-hybridized carbons (Fsp3) is 0.500. The lowest BCUT2D eigenvalue weighted by atomic mass is 10.00. The standard InChI is InChI=1S/C22H28N6O/c1-14-11-27(12-14)21-9-22(25-16(3)24-21)28-19-8-18(15(2)7-17(19)10-23-28)20-13-26(4)5-6-29-20/h7-10,14,20H,5-6,11-13H2,1-4H3. The van der Waals surface area contributed by atoms with E-state index < -0.39 is 0 Å². The Morgan fingerprint density at radius 1 is 1.03 bits per heavy atom. The summed E-state index contributed by atoms with van der Waals surface area (Å²) in [6, 6.07) is 6.48. The summed E-state index contributed by atoms with van der Waals surface area (Å²) in [5.41, 5.74) is 3.53. The molecule has 7 nitrogen and oxygen atoms in total. The Labute approximate surface area is 171 Å². The van der Waals surface area contributed by atoms with E-state index in [0.29, 0.717) is 0 Å². The highest BCUT2D eigenvalue weighted by molar-refractivity contribution is 5.82. The Bertz CT molecular complexity index is 1050. The highest BCUT2D eigenvalue weighted by Gasteiger charge is 2.25. The molecule has 0 spiro atoms. The van der Waals surface area contributed by atoms with E-state index in [1.807, 2.05) is 17.8 Å². The maximum atomic E-state index is 6.08. The zero-order valence-electron chi connectivity index (χ0n) is 17.6. The van der Waals surface area contributed by atoms with Crippen molar-refractivity contribution < 1.29 is 4.74 Å². The summed E-state index contributed by atoms with van der Waals surface area (Å²) in [6.45, 7) is 11.1. The number of ether oxygens (including phenoxy) is 1. The highest BCUT2D eigenvalue weighted by Crippen LogP contribution is 2.30.